The maximum atomic E-state index is 11.0. The zero-order chi connectivity index (χ0) is 9.23. The molecule has 0 saturated heterocycles. The summed E-state index contributed by atoms with van der Waals surface area (Å²) < 4.78 is 0. The monoisotopic (exact) mass is 168 g/mol. The molecule has 0 atom stereocenters. The van der Waals surface area contributed by atoms with Gasteiger partial charge >= 0.3 is 0 Å². The van der Waals surface area contributed by atoms with Crippen LogP contribution in [0.25, 0.3) is 0 Å². The first kappa shape index (κ1) is 11.1. The number of allylic oxidation sites excluding steroid dienone is 2. The summed E-state index contributed by atoms with van der Waals surface area (Å²) >= 11 is 0. The molecule has 0 aromatic heterocycles. The molecule has 0 radical (unpaired) electrons. The van der Waals surface area contributed by atoms with Gasteiger partial charge in [-0.05, 0) is 18.9 Å². The minimum atomic E-state index is 0.169. The molecule has 2 heteroatoms. The van der Waals surface area contributed by atoms with Crippen molar-refractivity contribution in [1.29, 1.82) is 0 Å². The highest BCUT2D eigenvalue weighted by Gasteiger charge is 1.93. The molecular formula is C10H16O2. The van der Waals surface area contributed by atoms with Crippen LogP contribution in [-0.4, -0.2) is 12.1 Å². The van der Waals surface area contributed by atoms with Crippen molar-refractivity contribution in [2.24, 2.45) is 0 Å². The molecule has 12 heavy (non-hydrogen) atoms. The molecule has 68 valence electrons. The molecule has 0 amide bonds. The molecule has 2 nitrogen and oxygen atoms in total. The van der Waals surface area contributed by atoms with Gasteiger partial charge in [0.05, 0.1) is 0 Å². The Kier molecular flexibility index (Phi) is 7.55. The number of aldehydes is 1. The van der Waals surface area contributed by atoms with Crippen LogP contribution in [0.4, 0.5) is 0 Å². The third-order valence-corrected chi connectivity index (χ3v) is 1.53. The van der Waals surface area contributed by atoms with E-state index in [9.17, 15) is 9.59 Å². The molecule has 0 spiro atoms. The van der Waals surface area contributed by atoms with Crippen molar-refractivity contribution in [3.63, 3.8) is 0 Å². The van der Waals surface area contributed by atoms with E-state index in [-0.39, 0.29) is 5.78 Å². The van der Waals surface area contributed by atoms with Crippen molar-refractivity contribution < 1.29 is 9.59 Å². The highest BCUT2D eigenvalue weighted by Crippen LogP contribution is 1.97. The molecule has 0 aromatic rings. The van der Waals surface area contributed by atoms with Gasteiger partial charge < -0.3 is 4.79 Å². The van der Waals surface area contributed by atoms with Crippen LogP contribution >= 0.6 is 0 Å². The van der Waals surface area contributed by atoms with Gasteiger partial charge in [-0.1, -0.05) is 19.4 Å². The maximum absolute atomic E-state index is 11.0. The molecule has 0 aromatic carbocycles. The van der Waals surface area contributed by atoms with Crippen LogP contribution in [-0.2, 0) is 9.59 Å². The Labute approximate surface area is 73.7 Å². The molecule has 0 aliphatic rings. The average molecular weight is 168 g/mol. The Morgan fingerprint density at radius 2 is 2.08 bits per heavy atom. The third-order valence-electron chi connectivity index (χ3n) is 1.53. The molecule has 0 N–H and O–H groups in total. The number of rotatable bonds is 7. The van der Waals surface area contributed by atoms with E-state index in [1.54, 1.807) is 12.2 Å². The second-order valence-corrected chi connectivity index (χ2v) is 2.72. The number of carbonyl (C=O) groups excluding carboxylic acids is 2. The van der Waals surface area contributed by atoms with E-state index in [2.05, 4.69) is 6.92 Å². The molecule has 0 bridgehead atoms. The van der Waals surface area contributed by atoms with Crippen LogP contribution in [0.3, 0.4) is 0 Å². The second-order valence-electron chi connectivity index (χ2n) is 2.72. The van der Waals surface area contributed by atoms with Crippen LogP contribution in [0.2, 0.25) is 0 Å². The first-order valence-electron chi connectivity index (χ1n) is 4.44. The Morgan fingerprint density at radius 1 is 1.33 bits per heavy atom. The second kappa shape index (κ2) is 8.18. The van der Waals surface area contributed by atoms with E-state index in [1.807, 2.05) is 0 Å². The lowest BCUT2D eigenvalue weighted by atomic mass is 10.1. The minimum absolute atomic E-state index is 0.169. The molecule has 0 heterocycles. The number of unbranched alkanes of at least 4 members (excludes halogenated alkanes) is 2. The van der Waals surface area contributed by atoms with Gasteiger partial charge in [0.2, 0.25) is 0 Å². The predicted octanol–water partition coefficient (Wildman–Crippen LogP) is 2.28. The van der Waals surface area contributed by atoms with Crippen LogP contribution in [0.5, 0.6) is 0 Å². The van der Waals surface area contributed by atoms with E-state index in [1.165, 1.54) is 0 Å². The number of hydrogen-bond donors (Lipinski definition) is 0. The van der Waals surface area contributed by atoms with Crippen LogP contribution in [0.15, 0.2) is 12.2 Å². The fourth-order valence-electron chi connectivity index (χ4n) is 0.813. The standard InChI is InChI=1S/C10H16O2/c1-2-3-7-10(12)8-5-4-6-9-11/h5,8-9H,2-4,6-7H2,1H3/b8-5-. The summed E-state index contributed by atoms with van der Waals surface area (Å²) in [6.07, 6.45) is 8.05. The first-order chi connectivity index (χ1) is 5.81. The van der Waals surface area contributed by atoms with Gasteiger partial charge in [-0.25, -0.2) is 0 Å². The lowest BCUT2D eigenvalue weighted by Gasteiger charge is -1.90. The van der Waals surface area contributed by atoms with Crippen LogP contribution in [0.1, 0.15) is 39.0 Å². The maximum Gasteiger partial charge on any atom is 0.155 e. The fourth-order valence-corrected chi connectivity index (χ4v) is 0.813. The van der Waals surface area contributed by atoms with E-state index < -0.39 is 0 Å². The van der Waals surface area contributed by atoms with Crippen molar-refractivity contribution >= 4 is 12.1 Å². The number of hydrogen-bond acceptors (Lipinski definition) is 2. The summed E-state index contributed by atoms with van der Waals surface area (Å²) in [4.78, 5) is 20.9. The highest BCUT2D eigenvalue weighted by molar-refractivity contribution is 5.89. The molecule has 0 saturated carbocycles. The lowest BCUT2D eigenvalue weighted by Crippen LogP contribution is -1.91. The van der Waals surface area contributed by atoms with Gasteiger partial charge in [0, 0.05) is 12.8 Å². The molecule has 0 aliphatic carbocycles. The number of carbonyl (C=O) groups is 2. The van der Waals surface area contributed by atoms with E-state index >= 15 is 0 Å². The zero-order valence-corrected chi connectivity index (χ0v) is 7.58. The Bertz CT molecular complexity index is 159. The van der Waals surface area contributed by atoms with Crippen molar-refractivity contribution in [3.05, 3.63) is 12.2 Å². The molecule has 0 fully saturated rings. The van der Waals surface area contributed by atoms with Crippen molar-refractivity contribution in [3.8, 4) is 0 Å². The summed E-state index contributed by atoms with van der Waals surface area (Å²) in [6.45, 7) is 2.06. The molecule has 0 rings (SSSR count). The fraction of sp³-hybridized carbons (Fsp3) is 0.600. The quantitative estimate of drug-likeness (QED) is 0.332. The van der Waals surface area contributed by atoms with Crippen molar-refractivity contribution in [1.82, 2.24) is 0 Å². The topological polar surface area (TPSA) is 34.1 Å². The van der Waals surface area contributed by atoms with Gasteiger partial charge in [-0.2, -0.15) is 0 Å². The van der Waals surface area contributed by atoms with Gasteiger partial charge in [-0.15, -0.1) is 0 Å². The van der Waals surface area contributed by atoms with E-state index in [0.717, 1.165) is 19.1 Å². The third kappa shape index (κ3) is 7.19. The average Bonchev–Trinajstić information content (AvgIpc) is 2.09. The molecule has 0 unspecified atom stereocenters. The van der Waals surface area contributed by atoms with Gasteiger partial charge in [-0.3, -0.25) is 4.79 Å². The summed E-state index contributed by atoms with van der Waals surface area (Å²) in [7, 11) is 0. The van der Waals surface area contributed by atoms with Crippen molar-refractivity contribution in [2.75, 3.05) is 0 Å². The normalized spacial score (nSPS) is 10.4. The lowest BCUT2D eigenvalue weighted by molar-refractivity contribution is -0.114. The smallest absolute Gasteiger partial charge is 0.155 e. The minimum Gasteiger partial charge on any atom is -0.303 e. The van der Waals surface area contributed by atoms with Gasteiger partial charge in [0.25, 0.3) is 0 Å². The summed E-state index contributed by atoms with van der Waals surface area (Å²) in [6, 6.07) is 0. The summed E-state index contributed by atoms with van der Waals surface area (Å²) in [5.41, 5.74) is 0. The summed E-state index contributed by atoms with van der Waals surface area (Å²) in [5, 5.41) is 0. The summed E-state index contributed by atoms with van der Waals surface area (Å²) in [5.74, 6) is 0.169. The highest BCUT2D eigenvalue weighted by atomic mass is 16.1. The SMILES string of the molecule is CCCCC(=O)/C=C\CCC=O. The van der Waals surface area contributed by atoms with Crippen LogP contribution in [0, 0.1) is 0 Å². The Balaban J connectivity index is 3.39. The van der Waals surface area contributed by atoms with Gasteiger partial charge in [0.15, 0.2) is 5.78 Å². The van der Waals surface area contributed by atoms with Gasteiger partial charge in [0.1, 0.15) is 6.29 Å². The first-order valence-corrected chi connectivity index (χ1v) is 4.44. The van der Waals surface area contributed by atoms with Crippen LogP contribution < -0.4 is 0 Å². The Morgan fingerprint density at radius 3 is 2.67 bits per heavy atom. The number of ketones is 1. The van der Waals surface area contributed by atoms with E-state index in [4.69, 9.17) is 0 Å². The van der Waals surface area contributed by atoms with Crippen molar-refractivity contribution in [2.45, 2.75) is 39.0 Å². The molecule has 0 aliphatic heterocycles. The van der Waals surface area contributed by atoms with E-state index in [0.29, 0.717) is 19.3 Å². The zero-order valence-electron chi connectivity index (χ0n) is 7.58. The Hall–Kier alpha value is -0.920. The largest absolute Gasteiger partial charge is 0.303 e. The molecular weight excluding hydrogens is 152 g/mol. The predicted molar refractivity (Wildman–Crippen MR) is 49.0 cm³/mol.